The third-order valence-corrected chi connectivity index (χ3v) is 2.31. The highest BCUT2D eigenvalue weighted by Gasteiger charge is 2.08. The maximum atomic E-state index is 5.74. The summed E-state index contributed by atoms with van der Waals surface area (Å²) in [6, 6.07) is 5.71. The lowest BCUT2D eigenvalue weighted by atomic mass is 10.2. The Labute approximate surface area is 87.9 Å². The van der Waals surface area contributed by atoms with Gasteiger partial charge >= 0.3 is 0 Å². The van der Waals surface area contributed by atoms with E-state index in [1.54, 1.807) is 4.68 Å². The molecule has 0 unspecified atom stereocenters. The highest BCUT2D eigenvalue weighted by Crippen LogP contribution is 2.17. The van der Waals surface area contributed by atoms with E-state index < -0.39 is 0 Å². The van der Waals surface area contributed by atoms with Crippen molar-refractivity contribution < 1.29 is 0 Å². The quantitative estimate of drug-likeness (QED) is 0.742. The number of aromatic nitrogens is 4. The summed E-state index contributed by atoms with van der Waals surface area (Å²) < 4.78 is 1.73. The van der Waals surface area contributed by atoms with Crippen LogP contribution in [0, 0.1) is 6.92 Å². The Hall–Kier alpha value is -1.91. The number of rotatable bonds is 2. The number of hydrogen-bond acceptors (Lipinski definition) is 4. The van der Waals surface area contributed by atoms with E-state index in [4.69, 9.17) is 5.73 Å². The van der Waals surface area contributed by atoms with Crippen LogP contribution in [0.1, 0.15) is 18.3 Å². The lowest BCUT2D eigenvalue weighted by Crippen LogP contribution is -2.04. The average Bonchev–Trinajstić information content (AvgIpc) is 2.69. The van der Waals surface area contributed by atoms with Gasteiger partial charge < -0.3 is 5.73 Å². The van der Waals surface area contributed by atoms with Crippen LogP contribution >= 0.6 is 0 Å². The van der Waals surface area contributed by atoms with Crippen molar-refractivity contribution in [3.8, 4) is 5.69 Å². The van der Waals surface area contributed by atoms with Crippen molar-refractivity contribution >= 4 is 5.69 Å². The van der Waals surface area contributed by atoms with Crippen LogP contribution < -0.4 is 5.73 Å². The van der Waals surface area contributed by atoms with E-state index in [0.717, 1.165) is 23.5 Å². The monoisotopic (exact) mass is 203 g/mol. The SMILES string of the molecule is CCc1nnnn1-c1cc(N)ccc1C. The lowest BCUT2D eigenvalue weighted by molar-refractivity contribution is 0.762. The predicted molar refractivity (Wildman–Crippen MR) is 57.7 cm³/mol. The first-order valence-corrected chi connectivity index (χ1v) is 4.86. The minimum absolute atomic E-state index is 0.716. The number of tetrazole rings is 1. The molecule has 2 aromatic rings. The molecule has 78 valence electrons. The first kappa shape index (κ1) is 9.64. The highest BCUT2D eigenvalue weighted by atomic mass is 15.5. The van der Waals surface area contributed by atoms with Gasteiger partial charge in [-0.05, 0) is 35.0 Å². The van der Waals surface area contributed by atoms with Gasteiger partial charge in [0.25, 0.3) is 0 Å². The van der Waals surface area contributed by atoms with Gasteiger partial charge in [0.1, 0.15) is 0 Å². The normalized spacial score (nSPS) is 10.5. The van der Waals surface area contributed by atoms with Gasteiger partial charge in [-0.2, -0.15) is 4.68 Å². The van der Waals surface area contributed by atoms with Crippen LogP contribution in [0.5, 0.6) is 0 Å². The minimum atomic E-state index is 0.716. The van der Waals surface area contributed by atoms with E-state index in [9.17, 15) is 0 Å². The fourth-order valence-electron chi connectivity index (χ4n) is 1.47. The van der Waals surface area contributed by atoms with E-state index in [1.165, 1.54) is 0 Å². The maximum absolute atomic E-state index is 5.74. The van der Waals surface area contributed by atoms with Gasteiger partial charge in [0.2, 0.25) is 0 Å². The molecule has 5 heteroatoms. The van der Waals surface area contributed by atoms with E-state index >= 15 is 0 Å². The van der Waals surface area contributed by atoms with Crippen molar-refractivity contribution in [2.75, 3.05) is 5.73 Å². The van der Waals surface area contributed by atoms with Gasteiger partial charge in [0, 0.05) is 12.1 Å². The van der Waals surface area contributed by atoms with Gasteiger partial charge in [-0.25, -0.2) is 0 Å². The van der Waals surface area contributed by atoms with E-state index in [2.05, 4.69) is 15.5 Å². The van der Waals surface area contributed by atoms with Crippen LogP contribution in [0.2, 0.25) is 0 Å². The summed E-state index contributed by atoms with van der Waals surface area (Å²) in [5.74, 6) is 0.837. The second kappa shape index (κ2) is 3.68. The fraction of sp³-hybridized carbons (Fsp3) is 0.300. The molecule has 0 radical (unpaired) electrons. The Kier molecular flexibility index (Phi) is 2.37. The zero-order valence-electron chi connectivity index (χ0n) is 8.81. The van der Waals surface area contributed by atoms with Crippen LogP contribution in [0.25, 0.3) is 5.69 Å². The third kappa shape index (κ3) is 1.68. The van der Waals surface area contributed by atoms with Gasteiger partial charge in [0.15, 0.2) is 5.82 Å². The number of benzene rings is 1. The molecule has 2 rings (SSSR count). The Morgan fingerprint density at radius 2 is 2.20 bits per heavy atom. The Morgan fingerprint density at radius 3 is 2.93 bits per heavy atom. The second-order valence-electron chi connectivity index (χ2n) is 3.41. The van der Waals surface area contributed by atoms with Crippen molar-refractivity contribution in [1.82, 2.24) is 20.2 Å². The zero-order chi connectivity index (χ0) is 10.8. The molecule has 5 nitrogen and oxygen atoms in total. The van der Waals surface area contributed by atoms with Gasteiger partial charge in [0.05, 0.1) is 5.69 Å². The Bertz CT molecular complexity index is 474. The molecule has 1 aromatic carbocycles. The van der Waals surface area contributed by atoms with Crippen LogP contribution in [-0.4, -0.2) is 20.2 Å². The number of hydrogen-bond donors (Lipinski definition) is 1. The number of nitrogens with two attached hydrogens (primary N) is 1. The van der Waals surface area contributed by atoms with E-state index in [0.29, 0.717) is 5.69 Å². The molecular weight excluding hydrogens is 190 g/mol. The minimum Gasteiger partial charge on any atom is -0.399 e. The Balaban J connectivity index is 2.58. The Morgan fingerprint density at radius 1 is 1.40 bits per heavy atom. The smallest absolute Gasteiger partial charge is 0.156 e. The molecule has 1 heterocycles. The molecule has 15 heavy (non-hydrogen) atoms. The number of anilines is 1. The van der Waals surface area contributed by atoms with Crippen LogP contribution in [-0.2, 0) is 6.42 Å². The molecule has 0 amide bonds. The van der Waals surface area contributed by atoms with Crippen molar-refractivity contribution in [3.05, 3.63) is 29.6 Å². The summed E-state index contributed by atoms with van der Waals surface area (Å²) in [5, 5.41) is 11.6. The summed E-state index contributed by atoms with van der Waals surface area (Å²) in [7, 11) is 0. The van der Waals surface area contributed by atoms with Crippen LogP contribution in [0.4, 0.5) is 5.69 Å². The molecule has 0 aliphatic heterocycles. The largest absolute Gasteiger partial charge is 0.399 e. The molecule has 0 spiro atoms. The fourth-order valence-corrected chi connectivity index (χ4v) is 1.47. The molecular formula is C10H13N5. The molecule has 0 atom stereocenters. The van der Waals surface area contributed by atoms with E-state index in [-0.39, 0.29) is 0 Å². The standard InChI is InChI=1S/C10H13N5/c1-3-10-12-13-14-15(10)9-6-8(11)5-4-7(9)2/h4-6H,3,11H2,1-2H3. The molecule has 0 fully saturated rings. The lowest BCUT2D eigenvalue weighted by Gasteiger charge is -2.07. The van der Waals surface area contributed by atoms with Crippen molar-refractivity contribution in [2.45, 2.75) is 20.3 Å². The van der Waals surface area contributed by atoms with Crippen molar-refractivity contribution in [1.29, 1.82) is 0 Å². The summed E-state index contributed by atoms with van der Waals surface area (Å²) in [5.41, 5.74) is 8.50. The van der Waals surface area contributed by atoms with Gasteiger partial charge in [-0.15, -0.1) is 5.10 Å². The second-order valence-corrected chi connectivity index (χ2v) is 3.41. The predicted octanol–water partition coefficient (Wildman–Crippen LogP) is 1.12. The third-order valence-electron chi connectivity index (χ3n) is 2.31. The summed E-state index contributed by atoms with van der Waals surface area (Å²) in [6.07, 6.45) is 0.793. The molecule has 0 saturated carbocycles. The first-order chi connectivity index (χ1) is 7.22. The topological polar surface area (TPSA) is 69.6 Å². The summed E-state index contributed by atoms with van der Waals surface area (Å²) in [6.45, 7) is 4.03. The van der Waals surface area contributed by atoms with Crippen LogP contribution in [0.3, 0.4) is 0 Å². The molecule has 2 N–H and O–H groups in total. The molecule has 0 aliphatic rings. The summed E-state index contributed by atoms with van der Waals surface area (Å²) >= 11 is 0. The van der Waals surface area contributed by atoms with Gasteiger partial charge in [-0.3, -0.25) is 0 Å². The number of nitrogen functional groups attached to an aromatic ring is 1. The summed E-state index contributed by atoms with van der Waals surface area (Å²) in [4.78, 5) is 0. The van der Waals surface area contributed by atoms with Crippen molar-refractivity contribution in [2.24, 2.45) is 0 Å². The van der Waals surface area contributed by atoms with Gasteiger partial charge in [-0.1, -0.05) is 13.0 Å². The first-order valence-electron chi connectivity index (χ1n) is 4.86. The molecule has 0 bridgehead atoms. The molecule has 0 aliphatic carbocycles. The molecule has 0 saturated heterocycles. The van der Waals surface area contributed by atoms with E-state index in [1.807, 2.05) is 32.0 Å². The average molecular weight is 203 g/mol. The number of nitrogens with zero attached hydrogens (tertiary/aromatic N) is 4. The van der Waals surface area contributed by atoms with Crippen molar-refractivity contribution in [3.63, 3.8) is 0 Å². The van der Waals surface area contributed by atoms with Crippen LogP contribution in [0.15, 0.2) is 18.2 Å². The maximum Gasteiger partial charge on any atom is 0.156 e. The molecule has 1 aromatic heterocycles. The number of aryl methyl sites for hydroxylation is 2. The zero-order valence-corrected chi connectivity index (χ0v) is 8.81. The highest BCUT2D eigenvalue weighted by molar-refractivity contribution is 5.51.